The van der Waals surface area contributed by atoms with Gasteiger partial charge in [0.05, 0.1) is 17.4 Å². The number of rotatable bonds is 5. The van der Waals surface area contributed by atoms with Gasteiger partial charge in [0.1, 0.15) is 11.6 Å². The zero-order valence-electron chi connectivity index (χ0n) is 17.1. The maximum Gasteiger partial charge on any atom is 0.419 e. The molecule has 1 amide bonds. The molecule has 0 unspecified atom stereocenters. The number of nitrogens with zero attached hydrogens (tertiary/aromatic N) is 4. The van der Waals surface area contributed by atoms with Gasteiger partial charge in [-0.1, -0.05) is 0 Å². The molecule has 1 aromatic carbocycles. The summed E-state index contributed by atoms with van der Waals surface area (Å²) in [6, 6.07) is 5.58. The summed E-state index contributed by atoms with van der Waals surface area (Å²) in [4.78, 5) is 29.9. The summed E-state index contributed by atoms with van der Waals surface area (Å²) in [5.41, 5.74) is -3.48. The van der Waals surface area contributed by atoms with Crippen LogP contribution < -0.4 is 14.5 Å². The molecule has 2 heterocycles. The first-order chi connectivity index (χ1) is 16.0. The van der Waals surface area contributed by atoms with Gasteiger partial charge in [-0.05, 0) is 49.7 Å². The van der Waals surface area contributed by atoms with Gasteiger partial charge >= 0.3 is 12.1 Å². The fourth-order valence-corrected chi connectivity index (χ4v) is 4.44. The summed E-state index contributed by atoms with van der Waals surface area (Å²) < 4.78 is 59.8. The number of anilines is 2. The maximum atomic E-state index is 14.6. The summed E-state index contributed by atoms with van der Waals surface area (Å²) in [6.07, 6.45) is -2.63. The van der Waals surface area contributed by atoms with Crippen LogP contribution in [0.2, 0.25) is 0 Å². The van der Waals surface area contributed by atoms with E-state index in [4.69, 9.17) is 27.3 Å². The monoisotopic (exact) mass is 494 g/mol. The maximum absolute atomic E-state index is 14.6. The van der Waals surface area contributed by atoms with Gasteiger partial charge in [0.2, 0.25) is 0 Å². The smallest absolute Gasteiger partial charge is 0.419 e. The number of aliphatic carboxylic acids is 1. The molecule has 2 aliphatic rings. The Hall–Kier alpha value is -3.79. The third-order valence-electron chi connectivity index (χ3n) is 5.66. The summed E-state index contributed by atoms with van der Waals surface area (Å²) >= 11 is 5.44. The minimum Gasteiger partial charge on any atom is -0.479 e. The molecular weight excluding hydrogens is 480 g/mol. The van der Waals surface area contributed by atoms with Crippen LogP contribution in [0.15, 0.2) is 30.5 Å². The molecule has 1 spiro atoms. The molecule has 1 aliphatic heterocycles. The number of thiocarbonyl (C=S) groups is 1. The standard InChI is InChI=1S/C21H14F4N4O4S/c22-14-7-11(2-3-16(14)33-10-17(30)31)29-19(34)28(18(32)20(29)4-1-5-20)12-6-13(21(23,24)25)15(8-26)27-9-12/h2-3,6-7,9H,1,4-5,10H2,(H,30,31). The van der Waals surface area contributed by atoms with Crippen LogP contribution in [0.4, 0.5) is 28.9 Å². The molecule has 1 N–H and O–H groups in total. The number of nitriles is 1. The van der Waals surface area contributed by atoms with E-state index in [2.05, 4.69) is 4.98 Å². The average molecular weight is 494 g/mol. The molecule has 13 heteroatoms. The van der Waals surface area contributed by atoms with Crippen LogP contribution in [0.3, 0.4) is 0 Å². The van der Waals surface area contributed by atoms with Crippen LogP contribution in [0.25, 0.3) is 0 Å². The Morgan fingerprint density at radius 3 is 2.53 bits per heavy atom. The van der Waals surface area contributed by atoms with Crippen molar-refractivity contribution in [2.45, 2.75) is 31.0 Å². The minimum absolute atomic E-state index is 0.151. The Balaban J connectivity index is 1.75. The molecule has 4 rings (SSSR count). The van der Waals surface area contributed by atoms with Crippen molar-refractivity contribution in [2.24, 2.45) is 0 Å². The Labute approximate surface area is 195 Å². The van der Waals surface area contributed by atoms with Crippen molar-refractivity contribution < 1.29 is 37.0 Å². The molecule has 8 nitrogen and oxygen atoms in total. The number of carbonyl (C=O) groups excluding carboxylic acids is 1. The number of amides is 1. The van der Waals surface area contributed by atoms with Gasteiger partial charge in [0.25, 0.3) is 5.91 Å². The second-order valence-corrected chi connectivity index (χ2v) is 8.01. The highest BCUT2D eigenvalue weighted by atomic mass is 32.1. The number of benzene rings is 1. The second kappa shape index (κ2) is 8.21. The molecule has 0 atom stereocenters. The summed E-state index contributed by atoms with van der Waals surface area (Å²) in [6.45, 7) is -0.762. The molecule has 2 fully saturated rings. The van der Waals surface area contributed by atoms with Gasteiger partial charge in [-0.25, -0.2) is 14.2 Å². The minimum atomic E-state index is -4.89. The highest BCUT2D eigenvalue weighted by Crippen LogP contribution is 2.48. The highest BCUT2D eigenvalue weighted by Gasteiger charge is 2.59. The molecule has 2 aromatic rings. The van der Waals surface area contributed by atoms with Crippen molar-refractivity contribution in [2.75, 3.05) is 16.4 Å². The third-order valence-corrected chi connectivity index (χ3v) is 6.03. The van der Waals surface area contributed by atoms with Crippen LogP contribution >= 0.6 is 12.2 Å². The van der Waals surface area contributed by atoms with Crippen molar-refractivity contribution in [3.8, 4) is 11.8 Å². The number of pyridine rings is 1. The van der Waals surface area contributed by atoms with Gasteiger partial charge in [0.15, 0.2) is 29.0 Å². The summed E-state index contributed by atoms with van der Waals surface area (Å²) in [5, 5.41) is 17.5. The zero-order valence-corrected chi connectivity index (χ0v) is 17.9. The lowest BCUT2D eigenvalue weighted by atomic mass is 9.75. The number of hydrogen-bond acceptors (Lipinski definition) is 6. The molecule has 0 bridgehead atoms. The number of ether oxygens (including phenoxy) is 1. The molecular formula is C21H14F4N4O4S. The van der Waals surface area contributed by atoms with Crippen LogP contribution in [-0.4, -0.2) is 39.2 Å². The van der Waals surface area contributed by atoms with Crippen molar-refractivity contribution in [1.82, 2.24) is 4.98 Å². The Bertz CT molecular complexity index is 1260. The predicted octanol–water partition coefficient (Wildman–Crippen LogP) is 3.64. The quantitative estimate of drug-likeness (QED) is 0.496. The first-order valence-electron chi connectivity index (χ1n) is 9.80. The molecule has 176 valence electrons. The lowest BCUT2D eigenvalue weighted by Gasteiger charge is -2.43. The number of hydrogen-bond donors (Lipinski definition) is 1. The lowest BCUT2D eigenvalue weighted by molar-refractivity contribution is -0.139. The van der Waals surface area contributed by atoms with Gasteiger partial charge in [-0.15, -0.1) is 0 Å². The number of carboxylic acids is 1. The van der Waals surface area contributed by atoms with E-state index in [0.717, 1.165) is 17.2 Å². The van der Waals surface area contributed by atoms with Gasteiger partial charge < -0.3 is 14.7 Å². The van der Waals surface area contributed by atoms with Crippen molar-refractivity contribution in [3.05, 3.63) is 47.5 Å². The van der Waals surface area contributed by atoms with E-state index >= 15 is 0 Å². The zero-order chi connectivity index (χ0) is 24.8. The molecule has 1 aromatic heterocycles. The Morgan fingerprint density at radius 1 is 1.29 bits per heavy atom. The summed E-state index contributed by atoms with van der Waals surface area (Å²) in [5.74, 6) is -3.11. The van der Waals surface area contributed by atoms with Crippen molar-refractivity contribution in [1.29, 1.82) is 5.26 Å². The van der Waals surface area contributed by atoms with Crippen LogP contribution in [-0.2, 0) is 15.8 Å². The SMILES string of the molecule is N#Cc1ncc(N2C(=O)C3(CCC3)N(c3ccc(OCC(=O)O)c(F)c3)C2=S)cc1C(F)(F)F. The van der Waals surface area contributed by atoms with Crippen LogP contribution in [0.1, 0.15) is 30.5 Å². The molecule has 0 radical (unpaired) electrons. The number of carboxylic acid groups (broad SMARTS) is 1. The van der Waals surface area contributed by atoms with Gasteiger partial charge in [-0.2, -0.15) is 18.4 Å². The van der Waals surface area contributed by atoms with Crippen molar-refractivity contribution in [3.63, 3.8) is 0 Å². The normalized spacial score (nSPS) is 17.0. The summed E-state index contributed by atoms with van der Waals surface area (Å²) in [7, 11) is 0. The Morgan fingerprint density at radius 2 is 2.00 bits per heavy atom. The second-order valence-electron chi connectivity index (χ2n) is 7.64. The van der Waals surface area contributed by atoms with Crippen LogP contribution in [0, 0.1) is 17.1 Å². The predicted molar refractivity (Wildman–Crippen MR) is 113 cm³/mol. The Kier molecular flexibility index (Phi) is 5.64. The van der Waals surface area contributed by atoms with E-state index < -0.39 is 47.3 Å². The fourth-order valence-electron chi connectivity index (χ4n) is 3.97. The average Bonchev–Trinajstić information content (AvgIpc) is 2.98. The van der Waals surface area contributed by atoms with Crippen LogP contribution in [0.5, 0.6) is 5.75 Å². The molecule has 1 saturated heterocycles. The molecule has 1 saturated carbocycles. The van der Waals surface area contributed by atoms with E-state index in [-0.39, 0.29) is 22.2 Å². The number of aromatic nitrogens is 1. The largest absolute Gasteiger partial charge is 0.479 e. The van der Waals surface area contributed by atoms with E-state index in [9.17, 15) is 27.2 Å². The van der Waals surface area contributed by atoms with E-state index in [0.29, 0.717) is 25.3 Å². The highest BCUT2D eigenvalue weighted by molar-refractivity contribution is 7.81. The van der Waals surface area contributed by atoms with E-state index in [1.165, 1.54) is 23.1 Å². The third kappa shape index (κ3) is 3.69. The van der Waals surface area contributed by atoms with Gasteiger partial charge in [-0.3, -0.25) is 9.69 Å². The van der Waals surface area contributed by atoms with E-state index in [1.807, 2.05) is 0 Å². The number of halogens is 4. The molecule has 34 heavy (non-hydrogen) atoms. The number of carbonyl (C=O) groups is 2. The van der Waals surface area contributed by atoms with E-state index in [1.54, 1.807) is 0 Å². The number of alkyl halides is 3. The van der Waals surface area contributed by atoms with Crippen molar-refractivity contribution >= 4 is 40.6 Å². The lowest BCUT2D eigenvalue weighted by Crippen LogP contribution is -2.55. The topological polar surface area (TPSA) is 107 Å². The first kappa shape index (κ1) is 23.4. The first-order valence-corrected chi connectivity index (χ1v) is 10.2. The molecule has 1 aliphatic carbocycles. The fraction of sp³-hybridized carbons (Fsp3) is 0.286. The van der Waals surface area contributed by atoms with Gasteiger partial charge in [0, 0.05) is 11.8 Å².